The first-order chi connectivity index (χ1) is 8.61. The molecule has 0 saturated carbocycles. The molecule has 1 aliphatic rings. The van der Waals surface area contributed by atoms with Crippen LogP contribution in [-0.2, 0) is 16.1 Å². The van der Waals surface area contributed by atoms with Crippen molar-refractivity contribution < 1.29 is 9.59 Å². The molecule has 1 saturated heterocycles. The van der Waals surface area contributed by atoms with E-state index in [2.05, 4.69) is 10.3 Å². The lowest BCUT2D eigenvalue weighted by Crippen LogP contribution is -2.29. The fourth-order valence-corrected chi connectivity index (χ4v) is 1.99. The molecule has 1 aromatic heterocycles. The standard InChI is InChI=1S/C12H14ClN3O2/c1-2-14-10-4-3-8(13)9(15-10)7-16-11(17)5-6-12(16)18/h3-4H,2,5-7H2,1H3,(H,14,15). The molecule has 2 heterocycles. The summed E-state index contributed by atoms with van der Waals surface area (Å²) in [6, 6.07) is 3.48. The minimum absolute atomic E-state index is 0.149. The van der Waals surface area contributed by atoms with Crippen molar-refractivity contribution in [2.75, 3.05) is 11.9 Å². The van der Waals surface area contributed by atoms with Crippen LogP contribution in [0.25, 0.3) is 0 Å². The van der Waals surface area contributed by atoms with Gasteiger partial charge in [-0.25, -0.2) is 4.98 Å². The molecule has 2 amide bonds. The molecule has 0 bridgehead atoms. The number of carbonyl (C=O) groups excluding carboxylic acids is 2. The molecule has 96 valence electrons. The van der Waals surface area contributed by atoms with Crippen LogP contribution in [0.5, 0.6) is 0 Å². The molecular formula is C12H14ClN3O2. The number of imide groups is 1. The molecule has 6 heteroatoms. The van der Waals surface area contributed by atoms with Crippen molar-refractivity contribution in [3.63, 3.8) is 0 Å². The van der Waals surface area contributed by atoms with E-state index in [1.807, 2.05) is 6.92 Å². The molecule has 1 aliphatic heterocycles. The van der Waals surface area contributed by atoms with Crippen LogP contribution in [0.4, 0.5) is 5.82 Å². The Balaban J connectivity index is 2.19. The lowest BCUT2D eigenvalue weighted by atomic mass is 10.3. The Kier molecular flexibility index (Phi) is 3.81. The third-order valence-electron chi connectivity index (χ3n) is 2.74. The molecule has 5 nitrogen and oxygen atoms in total. The second-order valence-electron chi connectivity index (χ2n) is 4.03. The molecule has 18 heavy (non-hydrogen) atoms. The highest BCUT2D eigenvalue weighted by Crippen LogP contribution is 2.21. The number of pyridine rings is 1. The highest BCUT2D eigenvalue weighted by Gasteiger charge is 2.29. The lowest BCUT2D eigenvalue weighted by molar-refractivity contribution is -0.139. The van der Waals surface area contributed by atoms with E-state index in [0.29, 0.717) is 16.5 Å². The van der Waals surface area contributed by atoms with Gasteiger partial charge in [-0.1, -0.05) is 11.6 Å². The molecule has 0 radical (unpaired) electrons. The number of amides is 2. The molecule has 0 aromatic carbocycles. The van der Waals surface area contributed by atoms with Gasteiger partial charge in [0.05, 0.1) is 17.3 Å². The predicted molar refractivity (Wildman–Crippen MR) is 68.2 cm³/mol. The number of nitrogens with one attached hydrogen (secondary N) is 1. The largest absolute Gasteiger partial charge is 0.370 e. The van der Waals surface area contributed by atoms with Crippen LogP contribution in [0.15, 0.2) is 12.1 Å². The Morgan fingerprint density at radius 1 is 1.33 bits per heavy atom. The number of carbonyl (C=O) groups is 2. The van der Waals surface area contributed by atoms with Crippen molar-refractivity contribution in [1.82, 2.24) is 9.88 Å². The van der Waals surface area contributed by atoms with Gasteiger partial charge in [-0.2, -0.15) is 0 Å². The Hall–Kier alpha value is -1.62. The Labute approximate surface area is 110 Å². The number of hydrogen-bond donors (Lipinski definition) is 1. The van der Waals surface area contributed by atoms with Gasteiger partial charge < -0.3 is 5.32 Å². The average molecular weight is 268 g/mol. The van der Waals surface area contributed by atoms with Crippen LogP contribution in [0, 0.1) is 0 Å². The lowest BCUT2D eigenvalue weighted by Gasteiger charge is -2.15. The number of halogens is 1. The van der Waals surface area contributed by atoms with E-state index in [9.17, 15) is 9.59 Å². The number of hydrogen-bond acceptors (Lipinski definition) is 4. The van der Waals surface area contributed by atoms with E-state index in [4.69, 9.17) is 11.6 Å². The molecular weight excluding hydrogens is 254 g/mol. The molecule has 1 fully saturated rings. The number of aromatic nitrogens is 1. The zero-order valence-electron chi connectivity index (χ0n) is 10.1. The number of nitrogens with zero attached hydrogens (tertiary/aromatic N) is 2. The van der Waals surface area contributed by atoms with E-state index in [1.54, 1.807) is 12.1 Å². The summed E-state index contributed by atoms with van der Waals surface area (Å²) >= 11 is 6.03. The van der Waals surface area contributed by atoms with E-state index in [1.165, 1.54) is 4.90 Å². The van der Waals surface area contributed by atoms with Crippen molar-refractivity contribution in [3.8, 4) is 0 Å². The quantitative estimate of drug-likeness (QED) is 0.846. The monoisotopic (exact) mass is 267 g/mol. The first-order valence-corrected chi connectivity index (χ1v) is 6.22. The highest BCUT2D eigenvalue weighted by molar-refractivity contribution is 6.31. The summed E-state index contributed by atoms with van der Waals surface area (Å²) in [4.78, 5) is 28.6. The second-order valence-corrected chi connectivity index (χ2v) is 4.44. The van der Waals surface area contributed by atoms with Gasteiger partial charge >= 0.3 is 0 Å². The van der Waals surface area contributed by atoms with Gasteiger partial charge in [0.15, 0.2) is 0 Å². The van der Waals surface area contributed by atoms with Crippen LogP contribution >= 0.6 is 11.6 Å². The molecule has 0 aliphatic carbocycles. The third kappa shape index (κ3) is 2.61. The first-order valence-electron chi connectivity index (χ1n) is 5.84. The smallest absolute Gasteiger partial charge is 0.230 e. The Bertz CT molecular complexity index is 474. The van der Waals surface area contributed by atoms with Gasteiger partial charge in [0.1, 0.15) is 5.82 Å². The maximum atomic E-state index is 11.5. The summed E-state index contributed by atoms with van der Waals surface area (Å²) in [6.07, 6.45) is 0.562. The van der Waals surface area contributed by atoms with Crippen molar-refractivity contribution in [2.45, 2.75) is 26.3 Å². The molecule has 0 spiro atoms. The highest BCUT2D eigenvalue weighted by atomic mass is 35.5. The molecule has 1 aromatic rings. The fraction of sp³-hybridized carbons (Fsp3) is 0.417. The van der Waals surface area contributed by atoms with E-state index in [0.717, 1.165) is 6.54 Å². The summed E-state index contributed by atoms with van der Waals surface area (Å²) < 4.78 is 0. The van der Waals surface area contributed by atoms with Crippen molar-refractivity contribution in [3.05, 3.63) is 22.8 Å². The second kappa shape index (κ2) is 5.35. The van der Waals surface area contributed by atoms with Crippen LogP contribution in [0.1, 0.15) is 25.5 Å². The van der Waals surface area contributed by atoms with Gasteiger partial charge in [-0.15, -0.1) is 0 Å². The van der Waals surface area contributed by atoms with Gasteiger partial charge in [-0.3, -0.25) is 14.5 Å². The zero-order chi connectivity index (χ0) is 13.1. The molecule has 0 atom stereocenters. The van der Waals surface area contributed by atoms with Gasteiger partial charge in [0.25, 0.3) is 0 Å². The summed E-state index contributed by atoms with van der Waals surface area (Å²) in [6.45, 7) is 2.86. The van der Waals surface area contributed by atoms with Gasteiger partial charge in [0.2, 0.25) is 11.8 Å². The number of rotatable bonds is 4. The molecule has 2 rings (SSSR count). The minimum Gasteiger partial charge on any atom is -0.370 e. The fourth-order valence-electron chi connectivity index (χ4n) is 1.82. The number of likely N-dealkylation sites (tertiary alicyclic amines) is 1. The van der Waals surface area contributed by atoms with Gasteiger partial charge in [0, 0.05) is 19.4 Å². The maximum absolute atomic E-state index is 11.5. The first kappa shape index (κ1) is 12.8. The van der Waals surface area contributed by atoms with E-state index < -0.39 is 0 Å². The van der Waals surface area contributed by atoms with Crippen molar-refractivity contribution in [2.24, 2.45) is 0 Å². The molecule has 0 unspecified atom stereocenters. The summed E-state index contributed by atoms with van der Waals surface area (Å²) in [5.41, 5.74) is 0.540. The topological polar surface area (TPSA) is 62.3 Å². The SMILES string of the molecule is CCNc1ccc(Cl)c(CN2C(=O)CCC2=O)n1. The van der Waals surface area contributed by atoms with Crippen LogP contribution < -0.4 is 5.32 Å². The summed E-state index contributed by atoms with van der Waals surface area (Å²) in [5, 5.41) is 3.53. The average Bonchev–Trinajstić information content (AvgIpc) is 2.65. The third-order valence-corrected chi connectivity index (χ3v) is 3.08. The summed E-state index contributed by atoms with van der Waals surface area (Å²) in [5.74, 6) is 0.370. The Morgan fingerprint density at radius 3 is 2.61 bits per heavy atom. The number of anilines is 1. The predicted octanol–water partition coefficient (Wildman–Crippen LogP) is 1.82. The Morgan fingerprint density at radius 2 is 2.00 bits per heavy atom. The molecule has 1 N–H and O–H groups in total. The van der Waals surface area contributed by atoms with Crippen LogP contribution in [0.2, 0.25) is 5.02 Å². The normalized spacial score (nSPS) is 15.3. The van der Waals surface area contributed by atoms with E-state index >= 15 is 0 Å². The van der Waals surface area contributed by atoms with Crippen LogP contribution in [0.3, 0.4) is 0 Å². The van der Waals surface area contributed by atoms with Gasteiger partial charge in [-0.05, 0) is 19.1 Å². The van der Waals surface area contributed by atoms with Crippen LogP contribution in [-0.4, -0.2) is 28.2 Å². The van der Waals surface area contributed by atoms with E-state index in [-0.39, 0.29) is 31.2 Å². The van der Waals surface area contributed by atoms with Crippen molar-refractivity contribution >= 4 is 29.2 Å². The zero-order valence-corrected chi connectivity index (χ0v) is 10.8. The maximum Gasteiger partial charge on any atom is 0.230 e. The summed E-state index contributed by atoms with van der Waals surface area (Å²) in [7, 11) is 0. The minimum atomic E-state index is -0.160. The van der Waals surface area contributed by atoms with Crippen molar-refractivity contribution in [1.29, 1.82) is 0 Å².